The summed E-state index contributed by atoms with van der Waals surface area (Å²) < 4.78 is 10.9. The van der Waals surface area contributed by atoms with Crippen molar-refractivity contribution in [3.05, 3.63) is 131 Å². The van der Waals surface area contributed by atoms with Gasteiger partial charge in [-0.3, -0.25) is 0 Å². The van der Waals surface area contributed by atoms with Gasteiger partial charge in [0.05, 0.1) is 26.4 Å². The van der Waals surface area contributed by atoms with E-state index in [1.54, 1.807) is 14.2 Å². The van der Waals surface area contributed by atoms with Gasteiger partial charge in [0.2, 0.25) is 0 Å². The minimum atomic E-state index is -0.953. The molecule has 4 atom stereocenters. The zero-order chi connectivity index (χ0) is 25.6. The maximum absolute atomic E-state index is 11.1. The SMILES string of the molecule is COc1ccc([C@H]2C[C@H](c3ccc(OC)cc3)C3=C4C=CC=CC3(C#N)c3ccccc3C42C#N)cc1. The van der Waals surface area contributed by atoms with Crippen LogP contribution >= 0.6 is 0 Å². The Kier molecular flexibility index (Phi) is 5.28. The van der Waals surface area contributed by atoms with Crippen LogP contribution in [0.25, 0.3) is 0 Å². The number of nitrogens with zero attached hydrogens (tertiary/aromatic N) is 2. The predicted octanol–water partition coefficient (Wildman–Crippen LogP) is 6.63. The van der Waals surface area contributed by atoms with Crippen molar-refractivity contribution < 1.29 is 9.47 Å². The van der Waals surface area contributed by atoms with E-state index in [0.29, 0.717) is 6.42 Å². The summed E-state index contributed by atoms with van der Waals surface area (Å²) in [7, 11) is 3.32. The lowest BCUT2D eigenvalue weighted by molar-refractivity contribution is 0.376. The Balaban J connectivity index is 1.70. The van der Waals surface area contributed by atoms with Gasteiger partial charge in [0.15, 0.2) is 0 Å². The van der Waals surface area contributed by atoms with E-state index >= 15 is 0 Å². The molecule has 0 amide bonds. The van der Waals surface area contributed by atoms with E-state index in [1.165, 1.54) is 0 Å². The molecule has 3 aliphatic rings. The van der Waals surface area contributed by atoms with Crippen molar-refractivity contribution >= 4 is 0 Å². The predicted molar refractivity (Wildman–Crippen MR) is 142 cm³/mol. The number of allylic oxidation sites excluding steroid dienone is 6. The molecular weight excluding hydrogens is 456 g/mol. The van der Waals surface area contributed by atoms with Crippen LogP contribution in [0.2, 0.25) is 0 Å². The van der Waals surface area contributed by atoms with Gasteiger partial charge in [-0.2, -0.15) is 10.5 Å². The minimum Gasteiger partial charge on any atom is -0.497 e. The first-order valence-electron chi connectivity index (χ1n) is 12.4. The Labute approximate surface area is 217 Å². The van der Waals surface area contributed by atoms with Crippen molar-refractivity contribution in [3.63, 3.8) is 0 Å². The quantitative estimate of drug-likeness (QED) is 0.418. The Hall–Kier alpha value is -4.54. The number of fused-ring (bicyclic) bond motifs is 3. The van der Waals surface area contributed by atoms with Crippen LogP contribution in [0.15, 0.2) is 108 Å². The van der Waals surface area contributed by atoms with Gasteiger partial charge in [0.1, 0.15) is 22.3 Å². The van der Waals surface area contributed by atoms with Crippen LogP contribution in [-0.2, 0) is 10.8 Å². The highest BCUT2D eigenvalue weighted by Gasteiger charge is 2.60. The van der Waals surface area contributed by atoms with E-state index in [9.17, 15) is 10.5 Å². The molecule has 4 heteroatoms. The highest BCUT2D eigenvalue weighted by atomic mass is 16.5. The highest BCUT2D eigenvalue weighted by molar-refractivity contribution is 5.73. The van der Waals surface area contributed by atoms with E-state index in [-0.39, 0.29) is 11.8 Å². The van der Waals surface area contributed by atoms with E-state index < -0.39 is 10.8 Å². The molecule has 0 heterocycles. The Bertz CT molecular complexity index is 1550. The molecule has 4 nitrogen and oxygen atoms in total. The van der Waals surface area contributed by atoms with Crippen LogP contribution in [0.3, 0.4) is 0 Å². The summed E-state index contributed by atoms with van der Waals surface area (Å²) in [5, 5.41) is 21.9. The number of rotatable bonds is 4. The third-order valence-corrected chi connectivity index (χ3v) is 8.37. The minimum absolute atomic E-state index is 0.0603. The van der Waals surface area contributed by atoms with Gasteiger partial charge in [-0.15, -0.1) is 0 Å². The first kappa shape index (κ1) is 22.9. The normalized spacial score (nSPS) is 26.9. The molecule has 180 valence electrons. The summed E-state index contributed by atoms with van der Waals surface area (Å²) in [5.74, 6) is 1.38. The second-order valence-corrected chi connectivity index (χ2v) is 9.82. The number of methoxy groups -OCH3 is 2. The summed E-state index contributed by atoms with van der Waals surface area (Å²) in [5.41, 5.74) is 4.08. The smallest absolute Gasteiger partial charge is 0.123 e. The Morgan fingerprint density at radius 3 is 1.97 bits per heavy atom. The number of hydrogen-bond donors (Lipinski definition) is 0. The molecule has 3 aromatic rings. The fourth-order valence-corrected chi connectivity index (χ4v) is 6.72. The van der Waals surface area contributed by atoms with Crippen molar-refractivity contribution in [2.45, 2.75) is 29.1 Å². The number of nitriles is 2. The largest absolute Gasteiger partial charge is 0.497 e. The van der Waals surface area contributed by atoms with Crippen LogP contribution < -0.4 is 9.47 Å². The topological polar surface area (TPSA) is 66.0 Å². The molecule has 3 aliphatic carbocycles. The average Bonchev–Trinajstić information content (AvgIpc) is 3.14. The molecule has 2 unspecified atom stereocenters. The molecule has 0 fully saturated rings. The van der Waals surface area contributed by atoms with Gasteiger partial charge in [-0.05, 0) is 64.1 Å². The summed E-state index contributed by atoms with van der Waals surface area (Å²) in [6.07, 6.45) is 8.71. The van der Waals surface area contributed by atoms with E-state index in [4.69, 9.17) is 9.47 Å². The molecular formula is C33H26N2O2. The summed E-state index contributed by atoms with van der Waals surface area (Å²) in [6.45, 7) is 0. The number of benzene rings is 3. The lowest BCUT2D eigenvalue weighted by Crippen LogP contribution is -2.49. The Morgan fingerprint density at radius 2 is 1.38 bits per heavy atom. The van der Waals surface area contributed by atoms with Crippen LogP contribution in [-0.4, -0.2) is 14.2 Å². The summed E-state index contributed by atoms with van der Waals surface area (Å²) >= 11 is 0. The van der Waals surface area contributed by atoms with E-state index in [0.717, 1.165) is 44.9 Å². The maximum atomic E-state index is 11.1. The zero-order valence-electron chi connectivity index (χ0n) is 20.8. The molecule has 0 aliphatic heterocycles. The van der Waals surface area contributed by atoms with Gasteiger partial charge in [-0.25, -0.2) is 0 Å². The fraction of sp³-hybridized carbons (Fsp3) is 0.212. The van der Waals surface area contributed by atoms with Gasteiger partial charge in [0.25, 0.3) is 0 Å². The van der Waals surface area contributed by atoms with E-state index in [1.807, 2.05) is 66.8 Å². The van der Waals surface area contributed by atoms with Gasteiger partial charge in [0, 0.05) is 11.8 Å². The standard InChI is InChI=1S/C33H26N2O2/c1-36-24-14-10-22(11-15-24)26-19-30(23-12-16-25(37-2)17-13-23)33(21-35)28-8-4-3-7-27(28)32(20-34)18-6-5-9-29(33)31(26)32/h3-18,26,30H,19H2,1-2H3/t26-,30-,32?,33?/m1/s1. The van der Waals surface area contributed by atoms with Crippen molar-refractivity contribution in [2.75, 3.05) is 14.2 Å². The first-order chi connectivity index (χ1) is 18.1. The molecule has 6 rings (SSSR count). The van der Waals surface area contributed by atoms with Crippen molar-refractivity contribution in [2.24, 2.45) is 0 Å². The number of ether oxygens (including phenoxy) is 2. The second kappa shape index (κ2) is 8.54. The van der Waals surface area contributed by atoms with Crippen LogP contribution in [0, 0.1) is 22.7 Å². The van der Waals surface area contributed by atoms with E-state index in [2.05, 4.69) is 42.5 Å². The molecule has 0 radical (unpaired) electrons. The lowest BCUT2D eigenvalue weighted by atomic mass is 9.46. The third kappa shape index (κ3) is 3.06. The van der Waals surface area contributed by atoms with Gasteiger partial charge < -0.3 is 9.47 Å². The molecule has 0 saturated heterocycles. The van der Waals surface area contributed by atoms with Crippen molar-refractivity contribution in [1.29, 1.82) is 10.5 Å². The molecule has 0 aromatic heterocycles. The van der Waals surface area contributed by atoms with Crippen molar-refractivity contribution in [3.8, 4) is 23.6 Å². The molecule has 4 bridgehead atoms. The average molecular weight is 483 g/mol. The molecule has 3 aromatic carbocycles. The maximum Gasteiger partial charge on any atom is 0.123 e. The zero-order valence-corrected chi connectivity index (χ0v) is 20.8. The summed E-state index contributed by atoms with van der Waals surface area (Å²) in [6, 6.07) is 29.7. The summed E-state index contributed by atoms with van der Waals surface area (Å²) in [4.78, 5) is 0. The van der Waals surface area contributed by atoms with Gasteiger partial charge in [-0.1, -0.05) is 72.8 Å². The molecule has 0 spiro atoms. The Morgan fingerprint density at radius 1 is 0.757 bits per heavy atom. The van der Waals surface area contributed by atoms with Crippen LogP contribution in [0.1, 0.15) is 40.5 Å². The lowest BCUT2D eigenvalue weighted by Gasteiger charge is -2.53. The third-order valence-electron chi connectivity index (χ3n) is 8.37. The molecule has 0 N–H and O–H groups in total. The fourth-order valence-electron chi connectivity index (χ4n) is 6.72. The van der Waals surface area contributed by atoms with Crippen LogP contribution in [0.5, 0.6) is 11.5 Å². The highest BCUT2D eigenvalue weighted by Crippen LogP contribution is 2.65. The van der Waals surface area contributed by atoms with Gasteiger partial charge >= 0.3 is 0 Å². The second-order valence-electron chi connectivity index (χ2n) is 9.82. The monoisotopic (exact) mass is 482 g/mol. The number of hydrogen-bond acceptors (Lipinski definition) is 4. The molecule has 0 saturated carbocycles. The van der Waals surface area contributed by atoms with Crippen molar-refractivity contribution in [1.82, 2.24) is 0 Å². The van der Waals surface area contributed by atoms with Crippen LogP contribution in [0.4, 0.5) is 0 Å². The first-order valence-corrected chi connectivity index (χ1v) is 12.4. The molecule has 37 heavy (non-hydrogen) atoms.